The largest absolute Gasteiger partial charge is 0.451 e. The minimum Gasteiger partial charge on any atom is -0.451 e. The number of amides is 1. The summed E-state index contributed by atoms with van der Waals surface area (Å²) in [5, 5.41) is 8.24. The molecular formula is C25H21N5O3. The van der Waals surface area contributed by atoms with Crippen LogP contribution in [0.5, 0.6) is 11.6 Å². The molecule has 0 radical (unpaired) electrons. The minimum absolute atomic E-state index is 0.254. The molecule has 3 aromatic heterocycles. The van der Waals surface area contributed by atoms with E-state index in [1.165, 1.54) is 6.33 Å². The van der Waals surface area contributed by atoms with E-state index in [2.05, 4.69) is 20.4 Å². The van der Waals surface area contributed by atoms with Crippen LogP contribution in [0.2, 0.25) is 0 Å². The Hall–Kier alpha value is -4.46. The summed E-state index contributed by atoms with van der Waals surface area (Å²) in [7, 11) is 0. The highest BCUT2D eigenvalue weighted by atomic mass is 16.5. The molecule has 1 N–H and O–H groups in total. The van der Waals surface area contributed by atoms with Gasteiger partial charge < -0.3 is 14.5 Å². The summed E-state index contributed by atoms with van der Waals surface area (Å²) in [6.45, 7) is 5.99. The number of fused-ring (bicyclic) bond motifs is 1. The first-order chi connectivity index (χ1) is 16.0. The number of benzene rings is 2. The van der Waals surface area contributed by atoms with E-state index in [1.54, 1.807) is 41.1 Å². The van der Waals surface area contributed by atoms with Gasteiger partial charge in [0, 0.05) is 22.8 Å². The normalized spacial score (nSPS) is 11.0. The Morgan fingerprint density at radius 3 is 2.52 bits per heavy atom. The van der Waals surface area contributed by atoms with E-state index < -0.39 is 0 Å². The molecule has 0 aliphatic rings. The maximum absolute atomic E-state index is 12.5. The van der Waals surface area contributed by atoms with Gasteiger partial charge in [0.05, 0.1) is 5.69 Å². The van der Waals surface area contributed by atoms with Crippen LogP contribution in [0.15, 0.2) is 71.4 Å². The van der Waals surface area contributed by atoms with Crippen molar-refractivity contribution in [3.05, 3.63) is 89.7 Å². The number of carbonyl (C=O) groups is 1. The van der Waals surface area contributed by atoms with Crippen LogP contribution < -0.4 is 10.1 Å². The highest BCUT2D eigenvalue weighted by Crippen LogP contribution is 2.24. The maximum atomic E-state index is 12.5. The summed E-state index contributed by atoms with van der Waals surface area (Å²) in [5.74, 6) is 1.53. The highest BCUT2D eigenvalue weighted by molar-refractivity contribution is 6.04. The molecule has 8 heteroatoms. The molecule has 164 valence electrons. The van der Waals surface area contributed by atoms with Gasteiger partial charge in [0.15, 0.2) is 11.6 Å². The second kappa shape index (κ2) is 8.23. The SMILES string of the molecule is Cc1nn(-c2cc(Oc3ccc(NC(=O)c4cc5ccccc5o4)cc3)ncn2)c(C)c1C. The number of nitrogens with one attached hydrogen (secondary N) is 1. The van der Waals surface area contributed by atoms with E-state index in [1.807, 2.05) is 45.0 Å². The van der Waals surface area contributed by atoms with Crippen molar-refractivity contribution in [1.82, 2.24) is 19.7 Å². The molecule has 0 bridgehead atoms. The number of aromatic nitrogens is 4. The van der Waals surface area contributed by atoms with Gasteiger partial charge >= 0.3 is 0 Å². The number of ether oxygens (including phenoxy) is 1. The molecule has 0 saturated carbocycles. The number of hydrogen-bond donors (Lipinski definition) is 1. The molecule has 0 aliphatic heterocycles. The van der Waals surface area contributed by atoms with Gasteiger partial charge in [-0.1, -0.05) is 18.2 Å². The van der Waals surface area contributed by atoms with Gasteiger partial charge in [-0.3, -0.25) is 4.79 Å². The lowest BCUT2D eigenvalue weighted by Crippen LogP contribution is -2.10. The third-order valence-electron chi connectivity index (χ3n) is 5.48. The first-order valence-corrected chi connectivity index (χ1v) is 10.4. The van der Waals surface area contributed by atoms with Crippen molar-refractivity contribution in [1.29, 1.82) is 0 Å². The fourth-order valence-corrected chi connectivity index (χ4v) is 3.46. The van der Waals surface area contributed by atoms with Crippen LogP contribution in [-0.4, -0.2) is 25.7 Å². The van der Waals surface area contributed by atoms with E-state index >= 15 is 0 Å². The number of hydrogen-bond acceptors (Lipinski definition) is 6. The fourth-order valence-electron chi connectivity index (χ4n) is 3.46. The Balaban J connectivity index is 1.29. The quantitative estimate of drug-likeness (QED) is 0.395. The van der Waals surface area contributed by atoms with E-state index in [4.69, 9.17) is 9.15 Å². The Labute approximate surface area is 189 Å². The summed E-state index contributed by atoms with van der Waals surface area (Å²) in [5.41, 5.74) is 4.38. The van der Waals surface area contributed by atoms with E-state index in [9.17, 15) is 4.79 Å². The zero-order chi connectivity index (χ0) is 22.9. The van der Waals surface area contributed by atoms with Crippen molar-refractivity contribution >= 4 is 22.6 Å². The van der Waals surface area contributed by atoms with Gasteiger partial charge in [-0.15, -0.1) is 0 Å². The molecule has 8 nitrogen and oxygen atoms in total. The van der Waals surface area contributed by atoms with Crippen molar-refractivity contribution in [3.63, 3.8) is 0 Å². The number of anilines is 1. The minimum atomic E-state index is -0.319. The summed E-state index contributed by atoms with van der Waals surface area (Å²) in [6.07, 6.45) is 1.44. The smallest absolute Gasteiger partial charge is 0.291 e. The predicted octanol–water partition coefficient (Wildman–Crippen LogP) is 5.38. The van der Waals surface area contributed by atoms with E-state index in [-0.39, 0.29) is 11.7 Å². The maximum Gasteiger partial charge on any atom is 0.291 e. The van der Waals surface area contributed by atoms with Crippen molar-refractivity contribution < 1.29 is 13.9 Å². The molecule has 0 atom stereocenters. The Kier molecular flexibility index (Phi) is 5.10. The van der Waals surface area contributed by atoms with Crippen LogP contribution in [0.1, 0.15) is 27.5 Å². The molecule has 0 spiro atoms. The molecule has 0 fully saturated rings. The van der Waals surface area contributed by atoms with Gasteiger partial charge in [-0.2, -0.15) is 5.10 Å². The molecule has 5 rings (SSSR count). The number of aryl methyl sites for hydroxylation is 1. The number of nitrogens with zero attached hydrogens (tertiary/aromatic N) is 4. The number of carbonyl (C=O) groups excluding carboxylic acids is 1. The van der Waals surface area contributed by atoms with E-state index in [0.717, 1.165) is 22.3 Å². The van der Waals surface area contributed by atoms with Crippen LogP contribution >= 0.6 is 0 Å². The monoisotopic (exact) mass is 439 g/mol. The Morgan fingerprint density at radius 2 is 1.79 bits per heavy atom. The van der Waals surface area contributed by atoms with Gasteiger partial charge in [0.1, 0.15) is 17.7 Å². The zero-order valence-corrected chi connectivity index (χ0v) is 18.4. The van der Waals surface area contributed by atoms with Crippen molar-refractivity contribution in [2.45, 2.75) is 20.8 Å². The molecule has 0 saturated heterocycles. The molecular weight excluding hydrogens is 418 g/mol. The lowest BCUT2D eigenvalue weighted by molar-refractivity contribution is 0.0998. The third-order valence-corrected chi connectivity index (χ3v) is 5.48. The summed E-state index contributed by atoms with van der Waals surface area (Å²) < 4.78 is 13.3. The predicted molar refractivity (Wildman–Crippen MR) is 124 cm³/mol. The lowest BCUT2D eigenvalue weighted by Gasteiger charge is -2.08. The zero-order valence-electron chi connectivity index (χ0n) is 18.4. The average molecular weight is 439 g/mol. The van der Waals surface area contributed by atoms with Crippen LogP contribution in [0.25, 0.3) is 16.8 Å². The van der Waals surface area contributed by atoms with Gasteiger partial charge in [0.2, 0.25) is 5.88 Å². The van der Waals surface area contributed by atoms with Crippen LogP contribution in [0.4, 0.5) is 5.69 Å². The van der Waals surface area contributed by atoms with Gasteiger partial charge in [-0.05, 0) is 62.7 Å². The second-order valence-corrected chi connectivity index (χ2v) is 7.65. The molecule has 2 aromatic carbocycles. The van der Waals surface area contributed by atoms with Crippen LogP contribution in [0.3, 0.4) is 0 Å². The number of para-hydroxylation sites is 1. The average Bonchev–Trinajstić information content (AvgIpc) is 3.37. The van der Waals surface area contributed by atoms with Crippen LogP contribution in [-0.2, 0) is 0 Å². The summed E-state index contributed by atoms with van der Waals surface area (Å²) in [6, 6.07) is 18.0. The Bertz CT molecular complexity index is 1430. The number of rotatable bonds is 5. The van der Waals surface area contributed by atoms with Crippen LogP contribution in [0, 0.1) is 20.8 Å². The second-order valence-electron chi connectivity index (χ2n) is 7.65. The van der Waals surface area contributed by atoms with Crippen molar-refractivity contribution in [2.24, 2.45) is 0 Å². The third kappa shape index (κ3) is 4.06. The standard InChI is InChI=1S/C25H21N5O3/c1-15-16(2)29-30(17(15)3)23-13-24(27-14-26-23)32-20-10-8-19(9-11-20)28-25(31)22-12-18-6-4-5-7-21(18)33-22/h4-14H,1-3H3,(H,28,31). The highest BCUT2D eigenvalue weighted by Gasteiger charge is 2.13. The molecule has 3 heterocycles. The van der Waals surface area contributed by atoms with Crippen molar-refractivity contribution in [2.75, 3.05) is 5.32 Å². The van der Waals surface area contributed by atoms with Gasteiger partial charge in [0.25, 0.3) is 5.91 Å². The van der Waals surface area contributed by atoms with Gasteiger partial charge in [-0.25, -0.2) is 14.6 Å². The molecule has 0 aliphatic carbocycles. The number of furan rings is 1. The first kappa shape index (κ1) is 20.4. The fraction of sp³-hybridized carbons (Fsp3) is 0.120. The lowest BCUT2D eigenvalue weighted by atomic mass is 10.2. The molecule has 0 unspecified atom stereocenters. The molecule has 5 aromatic rings. The topological polar surface area (TPSA) is 95.1 Å². The molecule has 33 heavy (non-hydrogen) atoms. The summed E-state index contributed by atoms with van der Waals surface area (Å²) in [4.78, 5) is 21.0. The summed E-state index contributed by atoms with van der Waals surface area (Å²) >= 11 is 0. The van der Waals surface area contributed by atoms with Crippen molar-refractivity contribution in [3.8, 4) is 17.4 Å². The first-order valence-electron chi connectivity index (χ1n) is 10.4. The molecule has 1 amide bonds. The Morgan fingerprint density at radius 1 is 1.00 bits per heavy atom. The van der Waals surface area contributed by atoms with E-state index in [0.29, 0.717) is 28.7 Å².